The smallest absolute Gasteiger partial charge is 0.416 e. The Kier molecular flexibility index (Phi) is 6.62. The van der Waals surface area contributed by atoms with E-state index in [-0.39, 0.29) is 5.25 Å². The lowest BCUT2D eigenvalue weighted by atomic mass is 9.95. The fraction of sp³-hybridized carbons (Fsp3) is 0.261. The molecular weight excluding hydrogens is 429 g/mol. The summed E-state index contributed by atoms with van der Waals surface area (Å²) in [4.78, 5) is 13.6. The minimum absolute atomic E-state index is 0.138. The maximum absolute atomic E-state index is 12.8. The Morgan fingerprint density at radius 1 is 1.07 bits per heavy atom. The zero-order valence-electron chi connectivity index (χ0n) is 16.7. The monoisotopic (exact) mass is 450 g/mol. The Morgan fingerprint density at radius 2 is 1.67 bits per heavy atom. The number of carboxylic acid groups (broad SMARTS) is 1. The normalized spacial score (nSPS) is 12.7. The van der Waals surface area contributed by atoms with Crippen molar-refractivity contribution in [3.8, 4) is 11.1 Å². The summed E-state index contributed by atoms with van der Waals surface area (Å²) in [5.41, 5.74) is 3.02. The lowest BCUT2D eigenvalue weighted by Crippen LogP contribution is -2.04. The summed E-state index contributed by atoms with van der Waals surface area (Å²) in [6, 6.07) is 12.8. The van der Waals surface area contributed by atoms with Gasteiger partial charge in [0.1, 0.15) is 4.88 Å². The van der Waals surface area contributed by atoms with Gasteiger partial charge < -0.3 is 5.11 Å². The Morgan fingerprint density at radius 3 is 2.13 bits per heavy atom. The molecule has 1 N–H and O–H groups in total. The molecule has 0 radical (unpaired) electrons. The largest absolute Gasteiger partial charge is 0.477 e. The number of hydrogen-bond acceptors (Lipinski definition) is 3. The van der Waals surface area contributed by atoms with Gasteiger partial charge in [-0.05, 0) is 78.9 Å². The average molecular weight is 451 g/mol. The first-order valence-corrected chi connectivity index (χ1v) is 11.1. The van der Waals surface area contributed by atoms with Gasteiger partial charge in [-0.25, -0.2) is 4.79 Å². The number of benzene rings is 2. The molecule has 1 unspecified atom stereocenters. The third-order valence-corrected chi connectivity index (χ3v) is 7.53. The van der Waals surface area contributed by atoms with Crippen molar-refractivity contribution in [3.63, 3.8) is 0 Å². The maximum Gasteiger partial charge on any atom is 0.416 e. The molecular formula is C23H21F3O2S2. The fourth-order valence-electron chi connectivity index (χ4n) is 3.42. The molecule has 0 aliphatic rings. The first-order valence-electron chi connectivity index (χ1n) is 9.38. The summed E-state index contributed by atoms with van der Waals surface area (Å²) in [6.07, 6.45) is -3.50. The van der Waals surface area contributed by atoms with E-state index in [9.17, 15) is 18.0 Å². The van der Waals surface area contributed by atoms with Gasteiger partial charge >= 0.3 is 12.1 Å². The molecule has 3 aromatic rings. The highest BCUT2D eigenvalue weighted by atomic mass is 32.2. The Bertz CT molecular complexity index is 1030. The van der Waals surface area contributed by atoms with Gasteiger partial charge in [0.25, 0.3) is 0 Å². The topological polar surface area (TPSA) is 37.3 Å². The molecule has 2 nitrogen and oxygen atoms in total. The van der Waals surface area contributed by atoms with Crippen molar-refractivity contribution in [2.45, 2.75) is 43.5 Å². The number of carboxylic acids is 1. The number of thioether (sulfide) groups is 1. The van der Waals surface area contributed by atoms with E-state index in [1.807, 2.05) is 32.0 Å². The molecule has 0 spiro atoms. The van der Waals surface area contributed by atoms with Crippen molar-refractivity contribution in [2.75, 3.05) is 0 Å². The quantitative estimate of drug-likeness (QED) is 0.387. The molecule has 0 saturated carbocycles. The molecule has 0 saturated heterocycles. The van der Waals surface area contributed by atoms with E-state index >= 15 is 0 Å². The Labute approximate surface area is 181 Å². The van der Waals surface area contributed by atoms with Crippen molar-refractivity contribution >= 4 is 29.1 Å². The van der Waals surface area contributed by atoms with Gasteiger partial charge in [0.2, 0.25) is 0 Å². The third kappa shape index (κ3) is 4.90. The summed E-state index contributed by atoms with van der Waals surface area (Å²) in [5.74, 6) is -0.918. The van der Waals surface area contributed by atoms with E-state index in [2.05, 4.69) is 6.92 Å². The fourth-order valence-corrected chi connectivity index (χ4v) is 5.80. The molecule has 0 bridgehead atoms. The van der Waals surface area contributed by atoms with Crippen LogP contribution in [0.25, 0.3) is 11.1 Å². The van der Waals surface area contributed by atoms with Crippen molar-refractivity contribution in [1.29, 1.82) is 0 Å². The van der Waals surface area contributed by atoms with Crippen LogP contribution >= 0.6 is 23.1 Å². The zero-order valence-corrected chi connectivity index (χ0v) is 18.3. The highest BCUT2D eigenvalue weighted by Crippen LogP contribution is 2.42. The second kappa shape index (κ2) is 8.86. The molecule has 0 aliphatic heterocycles. The number of aromatic carboxylic acids is 1. The lowest BCUT2D eigenvalue weighted by Gasteiger charge is -2.17. The first kappa shape index (κ1) is 22.4. The van der Waals surface area contributed by atoms with Crippen LogP contribution in [0.2, 0.25) is 0 Å². The number of rotatable bonds is 6. The molecule has 1 aromatic heterocycles. The van der Waals surface area contributed by atoms with E-state index in [1.54, 1.807) is 17.8 Å². The van der Waals surface area contributed by atoms with Crippen LogP contribution in [0, 0.1) is 13.8 Å². The number of thiophene rings is 1. The van der Waals surface area contributed by atoms with Gasteiger partial charge in [-0.2, -0.15) is 13.2 Å². The molecule has 2 aromatic carbocycles. The van der Waals surface area contributed by atoms with Gasteiger partial charge in [0.15, 0.2) is 0 Å². The van der Waals surface area contributed by atoms with Crippen molar-refractivity contribution in [3.05, 3.63) is 75.0 Å². The number of carbonyl (C=O) groups is 1. The van der Waals surface area contributed by atoms with Crippen LogP contribution in [-0.4, -0.2) is 11.1 Å². The highest BCUT2D eigenvalue weighted by Gasteiger charge is 2.30. The maximum atomic E-state index is 12.8. The second-order valence-corrected chi connectivity index (χ2v) is 9.42. The summed E-state index contributed by atoms with van der Waals surface area (Å²) in [5, 5.41) is 9.29. The van der Waals surface area contributed by atoms with Crippen molar-refractivity contribution in [2.24, 2.45) is 0 Å². The average Bonchev–Trinajstić information content (AvgIpc) is 3.15. The van der Waals surface area contributed by atoms with E-state index in [0.29, 0.717) is 4.88 Å². The summed E-state index contributed by atoms with van der Waals surface area (Å²) < 4.78 is 38.5. The van der Waals surface area contributed by atoms with Crippen LogP contribution < -0.4 is 0 Å². The van der Waals surface area contributed by atoms with Gasteiger partial charge in [0, 0.05) is 15.0 Å². The van der Waals surface area contributed by atoms with Gasteiger partial charge in [-0.3, -0.25) is 0 Å². The van der Waals surface area contributed by atoms with Gasteiger partial charge in [0.05, 0.1) is 5.56 Å². The summed E-state index contributed by atoms with van der Waals surface area (Å²) in [6.45, 7) is 5.98. The summed E-state index contributed by atoms with van der Waals surface area (Å²) >= 11 is 2.97. The van der Waals surface area contributed by atoms with Crippen molar-refractivity contribution in [1.82, 2.24) is 0 Å². The standard InChI is InChI=1S/C23H21F3O2S2/c1-4-18(19-9-10-20(30-19)22(27)28)29-17-11-13(2)21(14(3)12-17)15-5-7-16(8-6-15)23(24,25)26/h5-12,18H,4H2,1-3H3,(H,27,28). The van der Waals surface area contributed by atoms with E-state index < -0.39 is 17.7 Å². The molecule has 0 amide bonds. The molecule has 0 fully saturated rings. The number of hydrogen-bond donors (Lipinski definition) is 1. The molecule has 1 heterocycles. The lowest BCUT2D eigenvalue weighted by molar-refractivity contribution is -0.137. The second-order valence-electron chi connectivity index (χ2n) is 7.03. The van der Waals surface area contributed by atoms with Crippen LogP contribution in [-0.2, 0) is 6.18 Å². The van der Waals surface area contributed by atoms with Gasteiger partial charge in [-0.1, -0.05) is 19.1 Å². The SMILES string of the molecule is CCC(Sc1cc(C)c(-c2ccc(C(F)(F)F)cc2)c(C)c1)c1ccc(C(=O)O)s1. The third-order valence-electron chi connectivity index (χ3n) is 4.81. The van der Waals surface area contributed by atoms with Crippen LogP contribution in [0.3, 0.4) is 0 Å². The number of aryl methyl sites for hydroxylation is 2. The first-order chi connectivity index (χ1) is 14.1. The summed E-state index contributed by atoms with van der Waals surface area (Å²) in [7, 11) is 0. The Hall–Kier alpha value is -2.25. The van der Waals surface area contributed by atoms with Gasteiger partial charge in [-0.15, -0.1) is 23.1 Å². The van der Waals surface area contributed by atoms with E-state index in [0.717, 1.165) is 50.6 Å². The molecule has 0 aliphatic carbocycles. The molecule has 3 rings (SSSR count). The van der Waals surface area contributed by atoms with Crippen LogP contribution in [0.5, 0.6) is 0 Å². The highest BCUT2D eigenvalue weighted by molar-refractivity contribution is 7.99. The van der Waals surface area contributed by atoms with Crippen molar-refractivity contribution < 1.29 is 23.1 Å². The number of halogens is 3. The molecule has 30 heavy (non-hydrogen) atoms. The van der Waals surface area contributed by atoms with E-state index in [4.69, 9.17) is 5.11 Å². The van der Waals surface area contributed by atoms with E-state index in [1.165, 1.54) is 23.5 Å². The molecule has 158 valence electrons. The predicted molar refractivity (Wildman–Crippen MR) is 117 cm³/mol. The Balaban J connectivity index is 1.87. The minimum atomic E-state index is -4.35. The molecule has 1 atom stereocenters. The minimum Gasteiger partial charge on any atom is -0.477 e. The molecule has 7 heteroatoms. The van der Waals surface area contributed by atoms with Crippen LogP contribution in [0.4, 0.5) is 13.2 Å². The van der Waals surface area contributed by atoms with Crippen LogP contribution in [0.1, 0.15) is 49.8 Å². The number of alkyl halides is 3. The zero-order chi connectivity index (χ0) is 22.1. The predicted octanol–water partition coefficient (Wildman–Crippen LogP) is 7.99. The van der Waals surface area contributed by atoms with Crippen LogP contribution in [0.15, 0.2) is 53.4 Å².